The Labute approximate surface area is 209 Å². The maximum absolute atomic E-state index is 13.8. The SMILES string of the molecule is CCOc1ccc(C2C(C(=O)c3ccc(OC)c(C)c3)C(=O)C(=O)N2Cc2cccnc2)cc1OC. The van der Waals surface area contributed by atoms with Crippen molar-refractivity contribution >= 4 is 17.5 Å². The van der Waals surface area contributed by atoms with E-state index in [0.29, 0.717) is 35.0 Å². The highest BCUT2D eigenvalue weighted by Crippen LogP contribution is 2.42. The smallest absolute Gasteiger partial charge is 0.291 e. The van der Waals surface area contributed by atoms with Gasteiger partial charge >= 0.3 is 0 Å². The van der Waals surface area contributed by atoms with Crippen LogP contribution < -0.4 is 14.2 Å². The molecule has 0 spiro atoms. The molecule has 1 amide bonds. The molecule has 2 aromatic carbocycles. The second-order valence-corrected chi connectivity index (χ2v) is 8.47. The number of Topliss-reactive ketones (excluding diaryl/α,β-unsaturated/α-hetero) is 2. The number of carbonyl (C=O) groups excluding carboxylic acids is 3. The number of methoxy groups -OCH3 is 2. The average Bonchev–Trinajstić information content (AvgIpc) is 3.14. The Morgan fingerprint density at radius 3 is 2.39 bits per heavy atom. The van der Waals surface area contributed by atoms with E-state index in [1.807, 2.05) is 19.9 Å². The van der Waals surface area contributed by atoms with Gasteiger partial charge in [-0.2, -0.15) is 0 Å². The number of benzene rings is 2. The third-order valence-corrected chi connectivity index (χ3v) is 6.27. The Morgan fingerprint density at radius 1 is 1.00 bits per heavy atom. The number of nitrogens with zero attached hydrogens (tertiary/aromatic N) is 2. The first kappa shape index (κ1) is 24.9. The minimum atomic E-state index is -1.22. The number of ketones is 2. The van der Waals surface area contributed by atoms with Crippen molar-refractivity contribution in [3.63, 3.8) is 0 Å². The Bertz CT molecular complexity index is 1290. The average molecular weight is 489 g/mol. The minimum Gasteiger partial charge on any atom is -0.496 e. The molecule has 0 bridgehead atoms. The van der Waals surface area contributed by atoms with Crippen molar-refractivity contribution in [2.24, 2.45) is 5.92 Å². The van der Waals surface area contributed by atoms with Crippen LogP contribution in [0, 0.1) is 12.8 Å². The van der Waals surface area contributed by atoms with Gasteiger partial charge < -0.3 is 19.1 Å². The monoisotopic (exact) mass is 488 g/mol. The van der Waals surface area contributed by atoms with Crippen molar-refractivity contribution in [1.82, 2.24) is 9.88 Å². The van der Waals surface area contributed by atoms with Crippen LogP contribution in [0.25, 0.3) is 0 Å². The van der Waals surface area contributed by atoms with Crippen LogP contribution in [-0.2, 0) is 16.1 Å². The van der Waals surface area contributed by atoms with E-state index in [2.05, 4.69) is 4.98 Å². The topological polar surface area (TPSA) is 95.0 Å². The summed E-state index contributed by atoms with van der Waals surface area (Å²) in [4.78, 5) is 45.9. The molecule has 1 fully saturated rings. The van der Waals surface area contributed by atoms with Gasteiger partial charge in [0.1, 0.15) is 11.7 Å². The summed E-state index contributed by atoms with van der Waals surface area (Å²) in [5.41, 5.74) is 2.44. The summed E-state index contributed by atoms with van der Waals surface area (Å²) in [6.45, 7) is 4.26. The molecule has 36 heavy (non-hydrogen) atoms. The van der Waals surface area contributed by atoms with Gasteiger partial charge in [0.25, 0.3) is 5.91 Å². The zero-order chi connectivity index (χ0) is 25.8. The van der Waals surface area contributed by atoms with Gasteiger partial charge in [-0.1, -0.05) is 12.1 Å². The zero-order valence-electron chi connectivity index (χ0n) is 20.7. The fourth-order valence-corrected chi connectivity index (χ4v) is 4.57. The molecule has 2 unspecified atom stereocenters. The number of hydrogen-bond donors (Lipinski definition) is 0. The minimum absolute atomic E-state index is 0.129. The van der Waals surface area contributed by atoms with Gasteiger partial charge in [0.05, 0.1) is 26.9 Å². The summed E-state index contributed by atoms with van der Waals surface area (Å²) in [7, 11) is 3.07. The summed E-state index contributed by atoms with van der Waals surface area (Å²) in [6, 6.07) is 12.9. The van der Waals surface area contributed by atoms with Crippen LogP contribution in [0.1, 0.15) is 40.0 Å². The van der Waals surface area contributed by atoms with Crippen molar-refractivity contribution in [2.45, 2.75) is 26.4 Å². The fourth-order valence-electron chi connectivity index (χ4n) is 4.57. The summed E-state index contributed by atoms with van der Waals surface area (Å²) in [6.07, 6.45) is 3.27. The molecule has 2 atom stereocenters. The van der Waals surface area contributed by atoms with E-state index in [1.54, 1.807) is 62.0 Å². The van der Waals surface area contributed by atoms with Crippen molar-refractivity contribution in [3.05, 3.63) is 83.2 Å². The summed E-state index contributed by atoms with van der Waals surface area (Å²) in [5, 5.41) is 0. The second kappa shape index (κ2) is 10.6. The summed E-state index contributed by atoms with van der Waals surface area (Å²) < 4.78 is 16.4. The summed E-state index contributed by atoms with van der Waals surface area (Å²) in [5.74, 6) is -1.47. The Kier molecular flexibility index (Phi) is 7.33. The lowest BCUT2D eigenvalue weighted by Crippen LogP contribution is -2.30. The summed E-state index contributed by atoms with van der Waals surface area (Å²) >= 11 is 0. The highest BCUT2D eigenvalue weighted by atomic mass is 16.5. The Hall–Kier alpha value is -4.20. The van der Waals surface area contributed by atoms with E-state index in [1.165, 1.54) is 12.0 Å². The van der Waals surface area contributed by atoms with Crippen LogP contribution in [0.3, 0.4) is 0 Å². The molecule has 3 aromatic rings. The number of aryl methyl sites for hydroxylation is 1. The molecule has 8 nitrogen and oxygen atoms in total. The standard InChI is InChI=1S/C28H28N2O6/c1-5-36-22-11-8-19(14-23(22)35-4)25-24(26(31)20-9-10-21(34-3)17(2)13-20)27(32)28(33)30(25)16-18-7-6-12-29-15-18/h6-15,24-25H,5,16H2,1-4H3. The van der Waals surface area contributed by atoms with Crippen LogP contribution in [-0.4, -0.2) is 48.2 Å². The first-order valence-corrected chi connectivity index (χ1v) is 11.6. The van der Waals surface area contributed by atoms with Gasteiger partial charge in [-0.15, -0.1) is 0 Å². The van der Waals surface area contributed by atoms with E-state index in [9.17, 15) is 14.4 Å². The molecule has 186 valence electrons. The van der Waals surface area contributed by atoms with Gasteiger partial charge in [-0.25, -0.2) is 0 Å². The van der Waals surface area contributed by atoms with Crippen LogP contribution in [0.4, 0.5) is 0 Å². The molecule has 1 aromatic heterocycles. The predicted octanol–water partition coefficient (Wildman–Crippen LogP) is 3.96. The Morgan fingerprint density at radius 2 is 1.75 bits per heavy atom. The maximum atomic E-state index is 13.8. The molecule has 2 heterocycles. The second-order valence-electron chi connectivity index (χ2n) is 8.47. The number of amides is 1. The lowest BCUT2D eigenvalue weighted by Gasteiger charge is -2.28. The van der Waals surface area contributed by atoms with Gasteiger partial charge in [0.2, 0.25) is 5.78 Å². The zero-order valence-corrected chi connectivity index (χ0v) is 20.7. The number of rotatable bonds is 9. The normalized spacial score (nSPS) is 17.3. The van der Waals surface area contributed by atoms with Crippen LogP contribution in [0.15, 0.2) is 60.9 Å². The lowest BCUT2D eigenvalue weighted by atomic mass is 9.85. The number of hydrogen-bond acceptors (Lipinski definition) is 7. The first-order chi connectivity index (χ1) is 17.4. The van der Waals surface area contributed by atoms with Crippen molar-refractivity contribution in [1.29, 1.82) is 0 Å². The van der Waals surface area contributed by atoms with Crippen molar-refractivity contribution < 1.29 is 28.6 Å². The molecule has 0 aliphatic carbocycles. The van der Waals surface area contributed by atoms with Gasteiger partial charge in [0, 0.05) is 24.5 Å². The molecule has 0 N–H and O–H groups in total. The molecule has 0 saturated carbocycles. The highest BCUT2D eigenvalue weighted by Gasteiger charge is 2.51. The van der Waals surface area contributed by atoms with Gasteiger partial charge in [-0.3, -0.25) is 19.4 Å². The molecule has 1 saturated heterocycles. The molecule has 8 heteroatoms. The lowest BCUT2D eigenvalue weighted by molar-refractivity contribution is -0.141. The number of ether oxygens (including phenoxy) is 3. The maximum Gasteiger partial charge on any atom is 0.291 e. The van der Waals surface area contributed by atoms with Crippen molar-refractivity contribution in [2.75, 3.05) is 20.8 Å². The number of carbonyl (C=O) groups is 3. The Balaban J connectivity index is 1.81. The molecule has 4 rings (SSSR count). The quantitative estimate of drug-likeness (QED) is 0.256. The van der Waals surface area contributed by atoms with Gasteiger partial charge in [0.15, 0.2) is 17.3 Å². The van der Waals surface area contributed by atoms with Gasteiger partial charge in [-0.05, 0) is 66.9 Å². The van der Waals surface area contributed by atoms with Crippen LogP contribution in [0.5, 0.6) is 17.2 Å². The number of likely N-dealkylation sites (tertiary alicyclic amines) is 1. The van der Waals surface area contributed by atoms with Crippen molar-refractivity contribution in [3.8, 4) is 17.2 Å². The van der Waals surface area contributed by atoms with E-state index in [4.69, 9.17) is 14.2 Å². The third-order valence-electron chi connectivity index (χ3n) is 6.27. The van der Waals surface area contributed by atoms with E-state index >= 15 is 0 Å². The van der Waals surface area contributed by atoms with E-state index in [-0.39, 0.29) is 6.54 Å². The van der Waals surface area contributed by atoms with E-state index in [0.717, 1.165) is 11.1 Å². The predicted molar refractivity (Wildman–Crippen MR) is 132 cm³/mol. The number of pyridine rings is 1. The van der Waals surface area contributed by atoms with Crippen LogP contribution >= 0.6 is 0 Å². The van der Waals surface area contributed by atoms with Crippen LogP contribution in [0.2, 0.25) is 0 Å². The number of aromatic nitrogens is 1. The molecular weight excluding hydrogens is 460 g/mol. The molecular formula is C28H28N2O6. The third kappa shape index (κ3) is 4.66. The molecule has 1 aliphatic rings. The van der Waals surface area contributed by atoms with E-state index < -0.39 is 29.4 Å². The largest absolute Gasteiger partial charge is 0.496 e. The highest BCUT2D eigenvalue weighted by molar-refractivity contribution is 6.44. The first-order valence-electron chi connectivity index (χ1n) is 11.6. The molecule has 0 radical (unpaired) electrons. The molecule has 1 aliphatic heterocycles. The fraction of sp³-hybridized carbons (Fsp3) is 0.286.